The number of carbonyl (C=O) groups excluding carboxylic acids is 1. The Morgan fingerprint density at radius 2 is 1.72 bits per heavy atom. The summed E-state index contributed by atoms with van der Waals surface area (Å²) in [5, 5.41) is 19.7. The Bertz CT molecular complexity index is 308. The molecule has 7 N–H and O–H groups in total. The second-order valence-corrected chi connectivity index (χ2v) is 3.87. The molecule has 0 aromatic carbocycles. The van der Waals surface area contributed by atoms with E-state index < -0.39 is 29.9 Å². The maximum atomic E-state index is 11.4. The number of aliphatic carboxylic acids is 2. The first-order valence-electron chi connectivity index (χ1n) is 5.59. The highest BCUT2D eigenvalue weighted by Gasteiger charge is 2.20. The summed E-state index contributed by atoms with van der Waals surface area (Å²) in [5.74, 6) is -2.86. The molecule has 0 aliphatic rings. The van der Waals surface area contributed by atoms with Crippen molar-refractivity contribution in [2.75, 3.05) is 6.54 Å². The lowest BCUT2D eigenvalue weighted by Crippen LogP contribution is -2.42. The first-order valence-corrected chi connectivity index (χ1v) is 5.59. The molecule has 0 heterocycles. The van der Waals surface area contributed by atoms with E-state index in [2.05, 4.69) is 5.32 Å². The van der Waals surface area contributed by atoms with Crippen LogP contribution < -0.4 is 16.8 Å². The molecule has 18 heavy (non-hydrogen) atoms. The van der Waals surface area contributed by atoms with Crippen molar-refractivity contribution < 1.29 is 24.6 Å². The zero-order valence-corrected chi connectivity index (χ0v) is 9.96. The molecule has 104 valence electrons. The predicted octanol–water partition coefficient (Wildman–Crippen LogP) is -1.51. The molecule has 2 atom stereocenters. The van der Waals surface area contributed by atoms with Gasteiger partial charge in [0.25, 0.3) is 0 Å². The van der Waals surface area contributed by atoms with Crippen molar-refractivity contribution in [2.24, 2.45) is 11.5 Å². The fourth-order valence-corrected chi connectivity index (χ4v) is 1.26. The molecule has 2 unspecified atom stereocenters. The Morgan fingerprint density at radius 1 is 1.11 bits per heavy atom. The first-order chi connectivity index (χ1) is 8.38. The van der Waals surface area contributed by atoms with Crippen molar-refractivity contribution in [3.8, 4) is 0 Å². The molecule has 0 aliphatic heterocycles. The average Bonchev–Trinajstić information content (AvgIpc) is 2.30. The molecule has 0 radical (unpaired) electrons. The molecule has 0 bridgehead atoms. The van der Waals surface area contributed by atoms with Crippen LogP contribution in [-0.2, 0) is 14.4 Å². The van der Waals surface area contributed by atoms with Gasteiger partial charge in [-0.1, -0.05) is 0 Å². The summed E-state index contributed by atoms with van der Waals surface area (Å²) >= 11 is 0. The highest BCUT2D eigenvalue weighted by atomic mass is 16.4. The zero-order chi connectivity index (χ0) is 14.1. The lowest BCUT2D eigenvalue weighted by molar-refractivity contribution is -0.142. The van der Waals surface area contributed by atoms with Crippen LogP contribution in [0.25, 0.3) is 0 Å². The first kappa shape index (κ1) is 16.3. The smallest absolute Gasteiger partial charge is 0.326 e. The van der Waals surface area contributed by atoms with E-state index in [4.69, 9.17) is 21.7 Å². The highest BCUT2D eigenvalue weighted by Crippen LogP contribution is 2.00. The van der Waals surface area contributed by atoms with Crippen molar-refractivity contribution in [3.05, 3.63) is 0 Å². The Kier molecular flexibility index (Phi) is 7.64. The lowest BCUT2D eigenvalue weighted by Gasteiger charge is -2.14. The maximum absolute atomic E-state index is 11.4. The fourth-order valence-electron chi connectivity index (χ4n) is 1.26. The van der Waals surface area contributed by atoms with Crippen molar-refractivity contribution in [2.45, 2.75) is 37.8 Å². The van der Waals surface area contributed by atoms with Crippen LogP contribution in [0.1, 0.15) is 25.7 Å². The van der Waals surface area contributed by atoms with Crippen LogP contribution in [0.5, 0.6) is 0 Å². The maximum Gasteiger partial charge on any atom is 0.326 e. The van der Waals surface area contributed by atoms with Crippen LogP contribution in [0.4, 0.5) is 0 Å². The molecular weight excluding hydrogens is 242 g/mol. The summed E-state index contributed by atoms with van der Waals surface area (Å²) < 4.78 is 0. The third-order valence-electron chi connectivity index (χ3n) is 2.33. The fraction of sp³-hybridized carbons (Fsp3) is 0.700. The van der Waals surface area contributed by atoms with Crippen molar-refractivity contribution in [1.82, 2.24) is 5.32 Å². The van der Waals surface area contributed by atoms with Gasteiger partial charge in [-0.05, 0) is 25.8 Å². The van der Waals surface area contributed by atoms with Gasteiger partial charge >= 0.3 is 11.9 Å². The number of amides is 1. The molecule has 8 nitrogen and oxygen atoms in total. The van der Waals surface area contributed by atoms with Crippen LogP contribution in [0.2, 0.25) is 0 Å². The molecule has 0 aromatic heterocycles. The highest BCUT2D eigenvalue weighted by molar-refractivity contribution is 5.84. The largest absolute Gasteiger partial charge is 0.480 e. The van der Waals surface area contributed by atoms with E-state index in [0.717, 1.165) is 0 Å². The van der Waals surface area contributed by atoms with Gasteiger partial charge in [0.15, 0.2) is 0 Å². The van der Waals surface area contributed by atoms with Gasteiger partial charge in [0.1, 0.15) is 12.1 Å². The van der Waals surface area contributed by atoms with Crippen LogP contribution in [0.15, 0.2) is 0 Å². The Hall–Kier alpha value is -1.67. The number of carbonyl (C=O) groups is 3. The Balaban J connectivity index is 4.09. The Morgan fingerprint density at radius 3 is 2.17 bits per heavy atom. The molecular formula is C10H19N3O5. The van der Waals surface area contributed by atoms with Gasteiger partial charge in [-0.2, -0.15) is 0 Å². The van der Waals surface area contributed by atoms with E-state index in [-0.39, 0.29) is 19.3 Å². The number of rotatable bonds is 9. The van der Waals surface area contributed by atoms with Crippen molar-refractivity contribution >= 4 is 17.8 Å². The molecule has 1 amide bonds. The quantitative estimate of drug-likeness (QED) is 0.337. The summed E-state index contributed by atoms with van der Waals surface area (Å²) in [5.41, 5.74) is 10.5. The van der Waals surface area contributed by atoms with Crippen LogP contribution in [-0.4, -0.2) is 46.7 Å². The minimum Gasteiger partial charge on any atom is -0.480 e. The number of hydrogen-bond acceptors (Lipinski definition) is 5. The normalized spacial score (nSPS) is 13.7. The summed E-state index contributed by atoms with van der Waals surface area (Å²) in [7, 11) is 0. The minimum atomic E-state index is -1.19. The van der Waals surface area contributed by atoms with E-state index in [1.165, 1.54) is 0 Å². The van der Waals surface area contributed by atoms with Crippen LogP contribution in [0, 0.1) is 0 Å². The number of nitrogens with two attached hydrogens (primary N) is 2. The predicted molar refractivity (Wildman–Crippen MR) is 62.7 cm³/mol. The Labute approximate surface area is 104 Å². The molecule has 0 aromatic rings. The molecule has 0 saturated heterocycles. The van der Waals surface area contributed by atoms with Gasteiger partial charge in [0.05, 0.1) is 0 Å². The number of carboxylic acid groups (broad SMARTS) is 2. The number of hydrogen-bond donors (Lipinski definition) is 5. The summed E-state index contributed by atoms with van der Waals surface area (Å²) in [6.45, 7) is 0.337. The van der Waals surface area contributed by atoms with E-state index >= 15 is 0 Å². The molecule has 0 rings (SSSR count). The monoisotopic (exact) mass is 261 g/mol. The van der Waals surface area contributed by atoms with Gasteiger partial charge in [-0.15, -0.1) is 0 Å². The van der Waals surface area contributed by atoms with Crippen LogP contribution in [0.3, 0.4) is 0 Å². The molecule has 0 fully saturated rings. The van der Waals surface area contributed by atoms with Crippen molar-refractivity contribution in [1.29, 1.82) is 0 Å². The standard InChI is InChI=1S/C10H19N3O5/c11-5-1-2-7(10(17)18)13-8(14)4-3-6(12)9(15)16/h6-7H,1-5,11-12H2,(H,13,14)(H,15,16)(H,17,18). The topological polar surface area (TPSA) is 156 Å². The van der Waals surface area contributed by atoms with Gasteiger partial charge in [-0.3, -0.25) is 9.59 Å². The average molecular weight is 261 g/mol. The van der Waals surface area contributed by atoms with E-state index in [9.17, 15) is 14.4 Å². The second kappa shape index (κ2) is 8.43. The van der Waals surface area contributed by atoms with Gasteiger partial charge < -0.3 is 27.0 Å². The van der Waals surface area contributed by atoms with E-state index in [1.54, 1.807) is 0 Å². The van der Waals surface area contributed by atoms with E-state index in [1.807, 2.05) is 0 Å². The van der Waals surface area contributed by atoms with Gasteiger partial charge in [0.2, 0.25) is 5.91 Å². The summed E-state index contributed by atoms with van der Waals surface area (Å²) in [4.78, 5) is 32.6. The van der Waals surface area contributed by atoms with Gasteiger partial charge in [-0.25, -0.2) is 4.79 Å². The molecule has 0 saturated carbocycles. The number of carboxylic acids is 2. The SMILES string of the molecule is NCCCC(NC(=O)CCC(N)C(=O)O)C(=O)O. The van der Waals surface area contributed by atoms with Crippen LogP contribution >= 0.6 is 0 Å². The molecule has 8 heteroatoms. The molecule has 0 aliphatic carbocycles. The molecule has 0 spiro atoms. The third-order valence-corrected chi connectivity index (χ3v) is 2.33. The second-order valence-electron chi connectivity index (χ2n) is 3.87. The van der Waals surface area contributed by atoms with Gasteiger partial charge in [0, 0.05) is 6.42 Å². The zero-order valence-electron chi connectivity index (χ0n) is 9.96. The summed E-state index contributed by atoms with van der Waals surface area (Å²) in [6, 6.07) is -2.12. The lowest BCUT2D eigenvalue weighted by atomic mass is 10.1. The van der Waals surface area contributed by atoms with Crippen molar-refractivity contribution in [3.63, 3.8) is 0 Å². The van der Waals surface area contributed by atoms with E-state index in [0.29, 0.717) is 13.0 Å². The minimum absolute atomic E-state index is 0.0373. The number of nitrogens with one attached hydrogen (secondary N) is 1. The summed E-state index contributed by atoms with van der Waals surface area (Å²) in [6.07, 6.45) is 0.554. The third kappa shape index (κ3) is 6.81.